The average Bonchev–Trinajstić information content (AvgIpc) is 2.89. The number of carboxylic acids is 1. The Morgan fingerprint density at radius 3 is 2.58 bits per heavy atom. The van der Waals surface area contributed by atoms with E-state index in [-0.39, 0.29) is 6.54 Å². The number of carbonyl (C=O) groups is 1. The molecule has 19 heavy (non-hydrogen) atoms. The summed E-state index contributed by atoms with van der Waals surface area (Å²) in [6, 6.07) is 11.5. The van der Waals surface area contributed by atoms with Crippen molar-refractivity contribution in [2.75, 3.05) is 6.54 Å². The fraction of sp³-hybridized carbons (Fsp3) is 0.267. The number of aliphatic carboxylic acids is 1. The van der Waals surface area contributed by atoms with Gasteiger partial charge in [-0.1, -0.05) is 30.3 Å². The normalized spacial score (nSPS) is 14.0. The summed E-state index contributed by atoms with van der Waals surface area (Å²) in [7, 11) is 0. The first-order valence-corrected chi connectivity index (χ1v) is 7.00. The number of carboxylic acid groups (broad SMARTS) is 1. The molecule has 0 bridgehead atoms. The molecule has 1 heterocycles. The Morgan fingerprint density at radius 2 is 2.05 bits per heavy atom. The molecule has 0 aliphatic carbocycles. The maximum atomic E-state index is 11.9. The highest BCUT2D eigenvalue weighted by Crippen LogP contribution is 2.32. The van der Waals surface area contributed by atoms with Crippen molar-refractivity contribution >= 4 is 17.3 Å². The van der Waals surface area contributed by atoms with Crippen LogP contribution in [0.1, 0.15) is 16.0 Å². The van der Waals surface area contributed by atoms with Gasteiger partial charge in [0.25, 0.3) is 0 Å². The summed E-state index contributed by atoms with van der Waals surface area (Å²) >= 11 is 1.56. The quantitative estimate of drug-likeness (QED) is 0.881. The van der Waals surface area contributed by atoms with Crippen molar-refractivity contribution in [3.63, 3.8) is 0 Å². The Bertz CT molecular complexity index is 565. The highest BCUT2D eigenvalue weighted by Gasteiger charge is 2.40. The Kier molecular flexibility index (Phi) is 4.02. The van der Waals surface area contributed by atoms with Crippen molar-refractivity contribution in [2.24, 2.45) is 5.73 Å². The predicted octanol–water partition coefficient (Wildman–Crippen LogP) is 2.58. The number of nitrogens with two attached hydrogens (primary N) is 1. The van der Waals surface area contributed by atoms with Crippen LogP contribution in [0.5, 0.6) is 0 Å². The van der Waals surface area contributed by atoms with Crippen LogP contribution in [0.2, 0.25) is 0 Å². The Morgan fingerprint density at radius 1 is 1.32 bits per heavy atom. The number of hydrogen-bond donors (Lipinski definition) is 2. The zero-order valence-corrected chi connectivity index (χ0v) is 11.6. The molecule has 0 amide bonds. The van der Waals surface area contributed by atoms with Crippen molar-refractivity contribution in [3.05, 3.63) is 57.8 Å². The molecule has 3 nitrogen and oxygen atoms in total. The number of aryl methyl sites for hydroxylation is 1. The van der Waals surface area contributed by atoms with E-state index < -0.39 is 11.4 Å². The van der Waals surface area contributed by atoms with Crippen LogP contribution in [0, 0.1) is 6.92 Å². The third-order valence-electron chi connectivity index (χ3n) is 3.47. The molecule has 0 radical (unpaired) electrons. The van der Waals surface area contributed by atoms with Gasteiger partial charge in [-0.25, -0.2) is 0 Å². The predicted molar refractivity (Wildman–Crippen MR) is 77.6 cm³/mol. The lowest BCUT2D eigenvalue weighted by atomic mass is 9.75. The molecule has 2 aromatic rings. The van der Waals surface area contributed by atoms with Crippen molar-refractivity contribution in [1.29, 1.82) is 0 Å². The van der Waals surface area contributed by atoms with Crippen molar-refractivity contribution < 1.29 is 9.90 Å². The van der Waals surface area contributed by atoms with Gasteiger partial charge in [-0.3, -0.25) is 4.79 Å². The minimum Gasteiger partial charge on any atom is -0.481 e. The lowest BCUT2D eigenvalue weighted by Crippen LogP contribution is -2.45. The molecule has 0 fully saturated rings. The molecule has 3 N–H and O–H groups in total. The van der Waals surface area contributed by atoms with E-state index in [1.54, 1.807) is 11.3 Å². The fourth-order valence-corrected chi connectivity index (χ4v) is 3.19. The van der Waals surface area contributed by atoms with Crippen LogP contribution in [0.3, 0.4) is 0 Å². The Balaban J connectivity index is 2.51. The van der Waals surface area contributed by atoms with E-state index in [0.717, 1.165) is 16.0 Å². The average molecular weight is 275 g/mol. The zero-order valence-electron chi connectivity index (χ0n) is 10.8. The smallest absolute Gasteiger partial charge is 0.315 e. The molecule has 1 aromatic heterocycles. The SMILES string of the molecule is Cc1ccccc1C(CN)(Cc1cccs1)C(=O)O. The molecule has 4 heteroatoms. The van der Waals surface area contributed by atoms with Gasteiger partial charge in [0.15, 0.2) is 0 Å². The minimum atomic E-state index is -1.05. The monoisotopic (exact) mass is 275 g/mol. The summed E-state index contributed by atoms with van der Waals surface area (Å²) in [5.41, 5.74) is 6.57. The zero-order chi connectivity index (χ0) is 13.9. The van der Waals surface area contributed by atoms with Gasteiger partial charge in [0.2, 0.25) is 0 Å². The first-order valence-electron chi connectivity index (χ1n) is 6.12. The van der Waals surface area contributed by atoms with E-state index in [1.165, 1.54) is 0 Å². The molecule has 0 aliphatic rings. The third kappa shape index (κ3) is 2.55. The molecule has 2 rings (SSSR count). The second-order valence-electron chi connectivity index (χ2n) is 4.66. The van der Waals surface area contributed by atoms with Crippen LogP contribution < -0.4 is 5.73 Å². The van der Waals surface area contributed by atoms with Gasteiger partial charge in [0.1, 0.15) is 5.41 Å². The van der Waals surface area contributed by atoms with Crippen LogP contribution >= 0.6 is 11.3 Å². The standard InChI is InChI=1S/C15H17NO2S/c1-11-5-2-3-7-13(11)15(10-16,14(17)18)9-12-6-4-8-19-12/h2-8H,9-10,16H2,1H3,(H,17,18). The molecule has 1 unspecified atom stereocenters. The van der Waals surface area contributed by atoms with E-state index in [9.17, 15) is 9.90 Å². The topological polar surface area (TPSA) is 63.3 Å². The van der Waals surface area contributed by atoms with E-state index in [4.69, 9.17) is 5.73 Å². The van der Waals surface area contributed by atoms with Crippen LogP contribution in [-0.4, -0.2) is 17.6 Å². The first kappa shape index (κ1) is 13.8. The Labute approximate surface area is 116 Å². The van der Waals surface area contributed by atoms with Gasteiger partial charge >= 0.3 is 5.97 Å². The lowest BCUT2D eigenvalue weighted by Gasteiger charge is -2.29. The maximum Gasteiger partial charge on any atom is 0.315 e. The molecule has 0 saturated carbocycles. The third-order valence-corrected chi connectivity index (χ3v) is 4.35. The summed E-state index contributed by atoms with van der Waals surface area (Å²) in [6.07, 6.45) is 0.432. The summed E-state index contributed by atoms with van der Waals surface area (Å²) < 4.78 is 0. The molecule has 1 atom stereocenters. The second-order valence-corrected chi connectivity index (χ2v) is 5.69. The summed E-state index contributed by atoms with van der Waals surface area (Å²) in [5.74, 6) is -0.863. The number of benzene rings is 1. The van der Waals surface area contributed by atoms with Crippen LogP contribution in [0.4, 0.5) is 0 Å². The van der Waals surface area contributed by atoms with Crippen LogP contribution in [0.15, 0.2) is 41.8 Å². The molecule has 1 aromatic carbocycles. The van der Waals surface area contributed by atoms with E-state index in [0.29, 0.717) is 6.42 Å². The van der Waals surface area contributed by atoms with Crippen molar-refractivity contribution in [1.82, 2.24) is 0 Å². The van der Waals surface area contributed by atoms with Crippen LogP contribution in [0.25, 0.3) is 0 Å². The van der Waals surface area contributed by atoms with E-state index >= 15 is 0 Å². The van der Waals surface area contributed by atoms with Crippen molar-refractivity contribution in [3.8, 4) is 0 Å². The number of rotatable bonds is 5. The minimum absolute atomic E-state index is 0.0884. The van der Waals surface area contributed by atoms with Gasteiger partial charge in [-0.15, -0.1) is 11.3 Å². The van der Waals surface area contributed by atoms with Crippen molar-refractivity contribution in [2.45, 2.75) is 18.8 Å². The Hall–Kier alpha value is -1.65. The summed E-state index contributed by atoms with van der Waals surface area (Å²) in [5, 5.41) is 11.7. The largest absolute Gasteiger partial charge is 0.481 e. The van der Waals surface area contributed by atoms with Gasteiger partial charge in [0.05, 0.1) is 0 Å². The van der Waals surface area contributed by atoms with Gasteiger partial charge in [-0.2, -0.15) is 0 Å². The fourth-order valence-electron chi connectivity index (χ4n) is 2.38. The second kappa shape index (κ2) is 5.55. The molecule has 0 aliphatic heterocycles. The van der Waals surface area contributed by atoms with E-state index in [2.05, 4.69) is 0 Å². The number of hydrogen-bond acceptors (Lipinski definition) is 3. The molecule has 0 spiro atoms. The summed E-state index contributed by atoms with van der Waals surface area (Å²) in [6.45, 7) is 2.02. The summed E-state index contributed by atoms with van der Waals surface area (Å²) in [4.78, 5) is 12.9. The molecular formula is C15H17NO2S. The van der Waals surface area contributed by atoms with Gasteiger partial charge in [-0.05, 0) is 29.5 Å². The van der Waals surface area contributed by atoms with Gasteiger partial charge < -0.3 is 10.8 Å². The van der Waals surface area contributed by atoms with Crippen LogP contribution in [-0.2, 0) is 16.6 Å². The highest BCUT2D eigenvalue weighted by molar-refractivity contribution is 7.09. The molecule has 100 valence electrons. The lowest BCUT2D eigenvalue weighted by molar-refractivity contribution is -0.143. The number of thiophene rings is 1. The molecule has 0 saturated heterocycles. The van der Waals surface area contributed by atoms with E-state index in [1.807, 2.05) is 48.7 Å². The molecular weight excluding hydrogens is 258 g/mol. The first-order chi connectivity index (χ1) is 9.10. The maximum absolute atomic E-state index is 11.9. The van der Waals surface area contributed by atoms with Gasteiger partial charge in [0, 0.05) is 17.8 Å². The highest BCUT2D eigenvalue weighted by atomic mass is 32.1.